The molecule has 0 aliphatic carbocycles. The van der Waals surface area contributed by atoms with Gasteiger partial charge in [0.15, 0.2) is 0 Å². The van der Waals surface area contributed by atoms with Crippen molar-refractivity contribution in [2.24, 2.45) is 0 Å². The summed E-state index contributed by atoms with van der Waals surface area (Å²) in [6.45, 7) is 7.96. The van der Waals surface area contributed by atoms with Crippen LogP contribution in [0.1, 0.15) is 47.5 Å². The van der Waals surface area contributed by atoms with Gasteiger partial charge in [-0.05, 0) is 38.8 Å². The third-order valence-corrected chi connectivity index (χ3v) is 4.46. The SMILES string of the molecule is CC[C@H](C)Oc1cc(C)ccc1CNC(=O)c1c(C)oc2nc[nH]c(=O)c12. The van der Waals surface area contributed by atoms with Crippen LogP contribution in [0.5, 0.6) is 5.75 Å². The van der Waals surface area contributed by atoms with Crippen LogP contribution in [0.2, 0.25) is 0 Å². The van der Waals surface area contributed by atoms with Crippen LogP contribution in [0.3, 0.4) is 0 Å². The molecule has 2 heterocycles. The van der Waals surface area contributed by atoms with Gasteiger partial charge < -0.3 is 19.5 Å². The predicted octanol–water partition coefficient (Wildman–Crippen LogP) is 3.24. The zero-order valence-electron chi connectivity index (χ0n) is 15.9. The number of aryl methyl sites for hydroxylation is 2. The molecular formula is C20H23N3O4. The maximum absolute atomic E-state index is 12.7. The molecule has 2 N–H and O–H groups in total. The number of nitrogens with zero attached hydrogens (tertiary/aromatic N) is 1. The average Bonchev–Trinajstić information content (AvgIpc) is 2.98. The standard InChI is InChI=1S/C20H23N3O4/c1-5-12(3)26-15-8-11(2)6-7-14(15)9-21-18(24)16-13(4)27-20-17(16)19(25)22-10-23-20/h6-8,10,12H,5,9H2,1-4H3,(H,21,24)(H,22,23,25)/t12-/m0/s1. The average molecular weight is 369 g/mol. The fourth-order valence-corrected chi connectivity index (χ4v) is 2.81. The molecule has 3 rings (SSSR count). The Kier molecular flexibility index (Phi) is 5.30. The molecule has 0 aliphatic heterocycles. The summed E-state index contributed by atoms with van der Waals surface area (Å²) in [6.07, 6.45) is 2.21. The lowest BCUT2D eigenvalue weighted by atomic mass is 10.1. The van der Waals surface area contributed by atoms with Gasteiger partial charge in [0.1, 0.15) is 16.9 Å². The van der Waals surface area contributed by atoms with Crippen molar-refractivity contribution < 1.29 is 13.9 Å². The topological polar surface area (TPSA) is 97.2 Å². The Morgan fingerprint density at radius 1 is 1.37 bits per heavy atom. The number of furan rings is 1. The highest BCUT2D eigenvalue weighted by atomic mass is 16.5. The summed E-state index contributed by atoms with van der Waals surface area (Å²) in [7, 11) is 0. The third-order valence-electron chi connectivity index (χ3n) is 4.46. The van der Waals surface area contributed by atoms with Gasteiger partial charge >= 0.3 is 0 Å². The normalized spacial score (nSPS) is 12.1. The number of H-pyrrole nitrogens is 1. The van der Waals surface area contributed by atoms with Gasteiger partial charge in [-0.15, -0.1) is 0 Å². The van der Waals surface area contributed by atoms with Gasteiger partial charge in [0, 0.05) is 12.1 Å². The molecule has 0 spiro atoms. The Morgan fingerprint density at radius 3 is 2.89 bits per heavy atom. The number of nitrogens with one attached hydrogen (secondary N) is 2. The minimum atomic E-state index is -0.405. The van der Waals surface area contributed by atoms with Crippen LogP contribution >= 0.6 is 0 Å². The second-order valence-corrected chi connectivity index (χ2v) is 6.58. The van der Waals surface area contributed by atoms with Crippen molar-refractivity contribution >= 4 is 17.0 Å². The van der Waals surface area contributed by atoms with Gasteiger partial charge in [-0.25, -0.2) is 4.98 Å². The second-order valence-electron chi connectivity index (χ2n) is 6.58. The fourth-order valence-electron chi connectivity index (χ4n) is 2.81. The van der Waals surface area contributed by atoms with Crippen molar-refractivity contribution in [3.63, 3.8) is 0 Å². The Morgan fingerprint density at radius 2 is 2.15 bits per heavy atom. The minimum Gasteiger partial charge on any atom is -0.490 e. The van der Waals surface area contributed by atoms with Gasteiger partial charge in [0.2, 0.25) is 5.71 Å². The highest BCUT2D eigenvalue weighted by molar-refractivity contribution is 6.06. The van der Waals surface area contributed by atoms with E-state index < -0.39 is 5.56 Å². The quantitative estimate of drug-likeness (QED) is 0.695. The van der Waals surface area contributed by atoms with E-state index >= 15 is 0 Å². The zero-order chi connectivity index (χ0) is 19.6. The molecule has 142 valence electrons. The number of aromatic nitrogens is 2. The van der Waals surface area contributed by atoms with E-state index in [1.807, 2.05) is 32.0 Å². The molecule has 7 nitrogen and oxygen atoms in total. The summed E-state index contributed by atoms with van der Waals surface area (Å²) in [5.41, 5.74) is 1.90. The molecule has 27 heavy (non-hydrogen) atoms. The van der Waals surface area contributed by atoms with Gasteiger partial charge in [-0.3, -0.25) is 9.59 Å². The van der Waals surface area contributed by atoms with E-state index in [2.05, 4.69) is 22.2 Å². The summed E-state index contributed by atoms with van der Waals surface area (Å²) in [5.74, 6) is 0.712. The molecule has 1 aromatic carbocycles. The van der Waals surface area contributed by atoms with Gasteiger partial charge in [-0.2, -0.15) is 0 Å². The molecule has 0 radical (unpaired) electrons. The molecule has 1 atom stereocenters. The second kappa shape index (κ2) is 7.65. The number of amides is 1. The smallest absolute Gasteiger partial charge is 0.262 e. The van der Waals surface area contributed by atoms with E-state index in [9.17, 15) is 9.59 Å². The number of aromatic amines is 1. The number of rotatable bonds is 6. The number of hydrogen-bond donors (Lipinski definition) is 2. The molecule has 2 aromatic heterocycles. The number of carbonyl (C=O) groups is 1. The zero-order valence-corrected chi connectivity index (χ0v) is 15.9. The van der Waals surface area contributed by atoms with Gasteiger partial charge in [-0.1, -0.05) is 19.1 Å². The number of ether oxygens (including phenoxy) is 1. The molecule has 1 amide bonds. The summed E-state index contributed by atoms with van der Waals surface area (Å²) in [5, 5.41) is 3.01. The van der Waals surface area contributed by atoms with Crippen LogP contribution in [-0.4, -0.2) is 22.0 Å². The third kappa shape index (κ3) is 3.86. The minimum absolute atomic E-state index is 0.0750. The summed E-state index contributed by atoms with van der Waals surface area (Å²) in [4.78, 5) is 31.3. The van der Waals surface area contributed by atoms with Crippen LogP contribution < -0.4 is 15.6 Å². The van der Waals surface area contributed by atoms with Crippen LogP contribution in [0.15, 0.2) is 33.7 Å². The van der Waals surface area contributed by atoms with Crippen molar-refractivity contribution in [1.82, 2.24) is 15.3 Å². The van der Waals surface area contributed by atoms with E-state index in [0.29, 0.717) is 5.76 Å². The summed E-state index contributed by atoms with van der Waals surface area (Å²) in [6, 6.07) is 5.86. The van der Waals surface area contributed by atoms with E-state index in [1.54, 1.807) is 6.92 Å². The Bertz CT molecular complexity index is 1040. The Balaban J connectivity index is 1.85. The summed E-state index contributed by atoms with van der Waals surface area (Å²) >= 11 is 0. The largest absolute Gasteiger partial charge is 0.490 e. The van der Waals surface area contributed by atoms with Crippen LogP contribution in [0, 0.1) is 13.8 Å². The molecular weight excluding hydrogens is 346 g/mol. The lowest BCUT2D eigenvalue weighted by Gasteiger charge is -2.17. The highest BCUT2D eigenvalue weighted by Gasteiger charge is 2.21. The number of fused-ring (bicyclic) bond motifs is 1. The molecule has 0 bridgehead atoms. The molecule has 0 saturated carbocycles. The Hall–Kier alpha value is -3.09. The summed E-state index contributed by atoms with van der Waals surface area (Å²) < 4.78 is 11.4. The van der Waals surface area contributed by atoms with Crippen LogP contribution in [0.25, 0.3) is 11.1 Å². The van der Waals surface area contributed by atoms with Gasteiger partial charge in [0.05, 0.1) is 18.0 Å². The van der Waals surface area contributed by atoms with Crippen molar-refractivity contribution in [3.8, 4) is 5.75 Å². The van der Waals surface area contributed by atoms with E-state index in [1.165, 1.54) is 6.33 Å². The Labute approximate surface area is 156 Å². The van der Waals surface area contributed by atoms with Crippen LogP contribution in [-0.2, 0) is 6.54 Å². The number of hydrogen-bond acceptors (Lipinski definition) is 5. The van der Waals surface area contributed by atoms with Crippen molar-refractivity contribution in [1.29, 1.82) is 0 Å². The van der Waals surface area contributed by atoms with E-state index in [0.717, 1.165) is 23.3 Å². The molecule has 0 saturated heterocycles. The first-order chi connectivity index (χ1) is 12.9. The number of carbonyl (C=O) groups excluding carboxylic acids is 1. The van der Waals surface area contributed by atoms with Gasteiger partial charge in [0.25, 0.3) is 11.5 Å². The van der Waals surface area contributed by atoms with Crippen molar-refractivity contribution in [2.45, 2.75) is 46.8 Å². The van der Waals surface area contributed by atoms with E-state index in [-0.39, 0.29) is 35.2 Å². The lowest BCUT2D eigenvalue weighted by Crippen LogP contribution is -2.25. The van der Waals surface area contributed by atoms with Crippen molar-refractivity contribution in [2.75, 3.05) is 0 Å². The van der Waals surface area contributed by atoms with Crippen LogP contribution in [0.4, 0.5) is 0 Å². The van der Waals surface area contributed by atoms with Crippen molar-refractivity contribution in [3.05, 3.63) is 57.3 Å². The fraction of sp³-hybridized carbons (Fsp3) is 0.350. The highest BCUT2D eigenvalue weighted by Crippen LogP contribution is 2.24. The molecule has 0 unspecified atom stereocenters. The lowest BCUT2D eigenvalue weighted by molar-refractivity contribution is 0.0950. The predicted molar refractivity (Wildman–Crippen MR) is 102 cm³/mol. The molecule has 0 fully saturated rings. The monoisotopic (exact) mass is 369 g/mol. The molecule has 7 heteroatoms. The van der Waals surface area contributed by atoms with E-state index in [4.69, 9.17) is 9.15 Å². The maximum atomic E-state index is 12.7. The first-order valence-electron chi connectivity index (χ1n) is 8.91. The maximum Gasteiger partial charge on any atom is 0.262 e. The number of benzene rings is 1. The first kappa shape index (κ1) is 18.7. The first-order valence-corrected chi connectivity index (χ1v) is 8.91. The molecule has 0 aliphatic rings. The molecule has 3 aromatic rings.